The summed E-state index contributed by atoms with van der Waals surface area (Å²) in [7, 11) is 0. The molecular weight excluding hydrogens is 739 g/mol. The van der Waals surface area contributed by atoms with Crippen LogP contribution >= 0.6 is 0 Å². The highest BCUT2D eigenvalue weighted by Gasteiger charge is 2.45. The molecule has 2 heteroatoms. The van der Waals surface area contributed by atoms with Crippen LogP contribution in [-0.4, -0.2) is 0 Å². The number of furan rings is 1. The first kappa shape index (κ1) is 35.0. The Morgan fingerprint density at radius 2 is 0.836 bits per heavy atom. The van der Waals surface area contributed by atoms with Crippen molar-refractivity contribution in [2.24, 2.45) is 0 Å². The normalized spacial score (nSPS) is 12.7. The Morgan fingerprint density at radius 1 is 0.311 bits per heavy atom. The summed E-state index contributed by atoms with van der Waals surface area (Å²) >= 11 is 0. The first-order chi connectivity index (χ1) is 30.3. The van der Waals surface area contributed by atoms with Crippen LogP contribution in [0.25, 0.3) is 66.1 Å². The molecule has 0 radical (unpaired) electrons. The standard InChI is InChI=1S/C59H39NO/c1-3-15-41(16-4-1)47-36-37-56(51-22-8-7-19-48(47)51)60(45-32-27-40(28-33-45)42-29-38-58-53(39-42)52-23-11-14-26-57(52)61-58)46-34-30-44(31-35-46)59(43-17-5-2-6-18-43)54-24-12-9-20-49(54)50-21-10-13-25-55(50)59/h1-39H. The molecule has 12 rings (SSSR count). The van der Waals surface area contributed by atoms with E-state index in [1.54, 1.807) is 0 Å². The van der Waals surface area contributed by atoms with Gasteiger partial charge in [-0.05, 0) is 110 Å². The SMILES string of the molecule is c1ccc(-c2ccc(N(c3ccc(-c4ccc5oc6ccccc6c5c4)cc3)c3ccc(C4(c5ccccc5)c5ccccc5-c5ccccc54)cc3)c3ccccc23)cc1. The lowest BCUT2D eigenvalue weighted by molar-refractivity contribution is 0.669. The Kier molecular flexibility index (Phi) is 8.11. The minimum absolute atomic E-state index is 0.467. The third kappa shape index (κ3) is 5.50. The van der Waals surface area contributed by atoms with E-state index in [4.69, 9.17) is 4.42 Å². The van der Waals surface area contributed by atoms with Gasteiger partial charge in [0.2, 0.25) is 0 Å². The summed E-state index contributed by atoms with van der Waals surface area (Å²) in [6.07, 6.45) is 0. The van der Waals surface area contributed by atoms with Crippen LogP contribution in [0.4, 0.5) is 17.1 Å². The predicted octanol–water partition coefficient (Wildman–Crippen LogP) is 15.9. The van der Waals surface area contributed by atoms with Crippen molar-refractivity contribution in [3.63, 3.8) is 0 Å². The molecule has 0 atom stereocenters. The molecule has 2 nitrogen and oxygen atoms in total. The van der Waals surface area contributed by atoms with Gasteiger partial charge in [0.05, 0.1) is 11.1 Å². The zero-order valence-electron chi connectivity index (χ0n) is 33.4. The van der Waals surface area contributed by atoms with E-state index < -0.39 is 5.41 Å². The van der Waals surface area contributed by atoms with Crippen LogP contribution in [0.2, 0.25) is 0 Å². The molecule has 0 N–H and O–H groups in total. The monoisotopic (exact) mass is 777 g/mol. The lowest BCUT2D eigenvalue weighted by atomic mass is 9.68. The minimum atomic E-state index is -0.467. The van der Waals surface area contributed by atoms with E-state index in [0.29, 0.717) is 0 Å². The van der Waals surface area contributed by atoms with Crippen LogP contribution in [0.15, 0.2) is 241 Å². The van der Waals surface area contributed by atoms with E-state index in [1.165, 1.54) is 55.3 Å². The number of para-hydroxylation sites is 1. The van der Waals surface area contributed by atoms with Gasteiger partial charge in [-0.2, -0.15) is 0 Å². The van der Waals surface area contributed by atoms with Crippen LogP contribution in [-0.2, 0) is 5.41 Å². The number of nitrogens with zero attached hydrogens (tertiary/aromatic N) is 1. The van der Waals surface area contributed by atoms with Crippen molar-refractivity contribution in [1.29, 1.82) is 0 Å². The molecular formula is C59H39NO. The van der Waals surface area contributed by atoms with Crippen molar-refractivity contribution in [3.05, 3.63) is 259 Å². The van der Waals surface area contributed by atoms with Crippen molar-refractivity contribution in [2.75, 3.05) is 4.90 Å². The molecule has 0 bridgehead atoms. The van der Waals surface area contributed by atoms with Crippen LogP contribution in [0.5, 0.6) is 0 Å². The zero-order valence-corrected chi connectivity index (χ0v) is 33.4. The highest BCUT2D eigenvalue weighted by Crippen LogP contribution is 2.56. The van der Waals surface area contributed by atoms with E-state index in [-0.39, 0.29) is 0 Å². The van der Waals surface area contributed by atoms with Crippen LogP contribution in [0.3, 0.4) is 0 Å². The predicted molar refractivity (Wildman–Crippen MR) is 254 cm³/mol. The summed E-state index contributed by atoms with van der Waals surface area (Å²) in [5.41, 5.74) is 17.1. The summed E-state index contributed by atoms with van der Waals surface area (Å²) in [4.78, 5) is 2.42. The zero-order chi connectivity index (χ0) is 40.3. The number of hydrogen-bond acceptors (Lipinski definition) is 2. The van der Waals surface area contributed by atoms with E-state index >= 15 is 0 Å². The van der Waals surface area contributed by atoms with E-state index in [2.05, 4.69) is 229 Å². The molecule has 1 heterocycles. The van der Waals surface area contributed by atoms with Crippen molar-refractivity contribution in [2.45, 2.75) is 5.41 Å². The van der Waals surface area contributed by atoms with Gasteiger partial charge >= 0.3 is 0 Å². The van der Waals surface area contributed by atoms with Gasteiger partial charge in [-0.15, -0.1) is 0 Å². The van der Waals surface area contributed by atoms with Crippen LogP contribution < -0.4 is 4.90 Å². The first-order valence-corrected chi connectivity index (χ1v) is 21.0. The second-order valence-corrected chi connectivity index (χ2v) is 16.0. The Labute approximate surface area is 355 Å². The second kappa shape index (κ2) is 14.1. The Balaban J connectivity index is 1.03. The quantitative estimate of drug-likeness (QED) is 0.160. The third-order valence-electron chi connectivity index (χ3n) is 12.8. The fourth-order valence-corrected chi connectivity index (χ4v) is 10.1. The molecule has 0 saturated carbocycles. The fourth-order valence-electron chi connectivity index (χ4n) is 10.1. The average molecular weight is 778 g/mol. The number of rotatable bonds is 7. The number of benzene rings is 10. The summed E-state index contributed by atoms with van der Waals surface area (Å²) < 4.78 is 6.16. The molecule has 11 aromatic rings. The maximum absolute atomic E-state index is 6.16. The summed E-state index contributed by atoms with van der Waals surface area (Å²) in [6.45, 7) is 0. The van der Waals surface area contributed by atoms with Crippen molar-refractivity contribution in [3.8, 4) is 33.4 Å². The first-order valence-electron chi connectivity index (χ1n) is 21.0. The molecule has 1 aliphatic rings. The van der Waals surface area contributed by atoms with E-state index in [9.17, 15) is 0 Å². The van der Waals surface area contributed by atoms with Gasteiger partial charge in [0, 0.05) is 27.5 Å². The van der Waals surface area contributed by atoms with Crippen molar-refractivity contribution >= 4 is 49.8 Å². The lowest BCUT2D eigenvalue weighted by Gasteiger charge is -2.34. The lowest BCUT2D eigenvalue weighted by Crippen LogP contribution is -2.28. The van der Waals surface area contributed by atoms with Crippen molar-refractivity contribution in [1.82, 2.24) is 0 Å². The topological polar surface area (TPSA) is 16.4 Å². The van der Waals surface area contributed by atoms with E-state index in [1.807, 2.05) is 12.1 Å². The van der Waals surface area contributed by atoms with Gasteiger partial charge in [0.15, 0.2) is 0 Å². The third-order valence-corrected chi connectivity index (χ3v) is 12.8. The largest absolute Gasteiger partial charge is 0.456 e. The molecule has 61 heavy (non-hydrogen) atoms. The molecule has 1 aliphatic carbocycles. The molecule has 0 amide bonds. The maximum atomic E-state index is 6.16. The molecule has 0 spiro atoms. The molecule has 0 fully saturated rings. The van der Waals surface area contributed by atoms with Gasteiger partial charge < -0.3 is 9.32 Å². The molecule has 10 aromatic carbocycles. The minimum Gasteiger partial charge on any atom is -0.456 e. The molecule has 286 valence electrons. The molecule has 0 aliphatic heterocycles. The van der Waals surface area contributed by atoms with Gasteiger partial charge in [-0.25, -0.2) is 0 Å². The number of anilines is 3. The Morgan fingerprint density at radius 3 is 1.54 bits per heavy atom. The number of fused-ring (bicyclic) bond motifs is 7. The highest BCUT2D eigenvalue weighted by molar-refractivity contribution is 6.07. The Hall–Kier alpha value is -7.94. The smallest absolute Gasteiger partial charge is 0.135 e. The van der Waals surface area contributed by atoms with Gasteiger partial charge in [-0.3, -0.25) is 0 Å². The molecule has 0 unspecified atom stereocenters. The molecule has 0 saturated heterocycles. The van der Waals surface area contributed by atoms with Crippen molar-refractivity contribution < 1.29 is 4.42 Å². The van der Waals surface area contributed by atoms with Gasteiger partial charge in [-0.1, -0.05) is 188 Å². The average Bonchev–Trinajstić information content (AvgIpc) is 3.86. The molecule has 1 aromatic heterocycles. The maximum Gasteiger partial charge on any atom is 0.135 e. The van der Waals surface area contributed by atoms with Gasteiger partial charge in [0.25, 0.3) is 0 Å². The highest BCUT2D eigenvalue weighted by atomic mass is 16.3. The Bertz CT molecular complexity index is 3350. The second-order valence-electron chi connectivity index (χ2n) is 16.0. The van der Waals surface area contributed by atoms with Crippen LogP contribution in [0.1, 0.15) is 22.3 Å². The number of hydrogen-bond donors (Lipinski definition) is 0. The van der Waals surface area contributed by atoms with Gasteiger partial charge in [0.1, 0.15) is 11.2 Å². The fraction of sp³-hybridized carbons (Fsp3) is 0.0169. The summed E-state index contributed by atoms with van der Waals surface area (Å²) in [6, 6.07) is 86.1. The van der Waals surface area contributed by atoms with E-state index in [0.717, 1.165) is 50.1 Å². The van der Waals surface area contributed by atoms with Crippen LogP contribution in [0, 0.1) is 0 Å². The summed E-state index contributed by atoms with van der Waals surface area (Å²) in [5, 5.41) is 4.67. The summed E-state index contributed by atoms with van der Waals surface area (Å²) in [5.74, 6) is 0.